The van der Waals surface area contributed by atoms with E-state index in [1.807, 2.05) is 0 Å². The van der Waals surface area contributed by atoms with Crippen molar-refractivity contribution in [3.8, 4) is 11.1 Å². The third kappa shape index (κ3) is 5.60. The molecule has 1 atom stereocenters. The first-order valence-electron chi connectivity index (χ1n) is 11.0. The van der Waals surface area contributed by atoms with Crippen molar-refractivity contribution in [1.29, 1.82) is 0 Å². The Morgan fingerprint density at radius 2 is 1.89 bits per heavy atom. The minimum atomic E-state index is -3.91. The number of hydrogen-bond acceptors (Lipinski definition) is 7. The summed E-state index contributed by atoms with van der Waals surface area (Å²) >= 11 is 0. The van der Waals surface area contributed by atoms with Gasteiger partial charge in [0.25, 0.3) is 5.56 Å². The maximum atomic E-state index is 15.0. The highest BCUT2D eigenvalue weighted by molar-refractivity contribution is 7.92. The monoisotopic (exact) mass is 520 g/mol. The Morgan fingerprint density at radius 3 is 2.47 bits per heavy atom. The van der Waals surface area contributed by atoms with Gasteiger partial charge in [0.2, 0.25) is 0 Å². The van der Waals surface area contributed by atoms with E-state index in [1.54, 1.807) is 29.7 Å². The van der Waals surface area contributed by atoms with Gasteiger partial charge in [-0.2, -0.15) is 0 Å². The van der Waals surface area contributed by atoms with Gasteiger partial charge in [-0.15, -0.1) is 5.48 Å². The van der Waals surface area contributed by atoms with E-state index in [-0.39, 0.29) is 42.0 Å². The van der Waals surface area contributed by atoms with Crippen LogP contribution in [0.4, 0.5) is 4.39 Å². The molecule has 0 aliphatic carbocycles. The van der Waals surface area contributed by atoms with Crippen LogP contribution in [0.1, 0.15) is 25.8 Å². The van der Waals surface area contributed by atoms with Crippen molar-refractivity contribution in [2.75, 3.05) is 12.9 Å². The molecule has 12 heteroatoms. The van der Waals surface area contributed by atoms with E-state index in [2.05, 4.69) is 4.98 Å². The van der Waals surface area contributed by atoms with E-state index >= 15 is 4.39 Å². The van der Waals surface area contributed by atoms with Crippen LogP contribution >= 0.6 is 0 Å². The Morgan fingerprint density at radius 1 is 1.22 bits per heavy atom. The van der Waals surface area contributed by atoms with Gasteiger partial charge in [0.1, 0.15) is 5.82 Å². The number of rotatable bonds is 9. The maximum absolute atomic E-state index is 15.0. The number of halogens is 1. The normalized spacial score (nSPS) is 13.2. The van der Waals surface area contributed by atoms with Gasteiger partial charge in [-0.25, -0.2) is 17.8 Å². The molecule has 0 bridgehead atoms. The average molecular weight is 521 g/mol. The molecule has 0 radical (unpaired) electrons. The molecule has 0 saturated carbocycles. The third-order valence-electron chi connectivity index (χ3n) is 6.12. The van der Waals surface area contributed by atoms with Crippen molar-refractivity contribution in [2.24, 2.45) is 0 Å². The summed E-state index contributed by atoms with van der Waals surface area (Å²) in [5.41, 5.74) is 2.98. The minimum absolute atomic E-state index is 0.00255. The molecule has 1 amide bonds. The van der Waals surface area contributed by atoms with Crippen LogP contribution in [0.3, 0.4) is 0 Å². The number of nitrogens with zero attached hydrogens (tertiary/aromatic N) is 2. The summed E-state index contributed by atoms with van der Waals surface area (Å²) in [5.74, 6) is -2.01. The Bertz CT molecular complexity index is 1470. The summed E-state index contributed by atoms with van der Waals surface area (Å²) in [5, 5.41) is 7.05. The Hall–Kier alpha value is -3.64. The van der Waals surface area contributed by atoms with Crippen LogP contribution in [0.25, 0.3) is 22.0 Å². The second kappa shape index (κ2) is 10.5. The second-order valence-corrected chi connectivity index (χ2v) is 11.0. The molecular weight excluding hydrogens is 493 g/mol. The topological polar surface area (TPSA) is 147 Å². The van der Waals surface area contributed by atoms with E-state index in [1.165, 1.54) is 26.2 Å². The summed E-state index contributed by atoms with van der Waals surface area (Å²) in [6.45, 7) is 2.57. The summed E-state index contributed by atoms with van der Waals surface area (Å²) in [4.78, 5) is 40.1. The predicted octanol–water partition coefficient (Wildman–Crippen LogP) is 1.26. The molecule has 3 rings (SSSR count). The molecule has 3 aromatic rings. The number of esters is 1. The average Bonchev–Trinajstić information content (AvgIpc) is 2.82. The summed E-state index contributed by atoms with van der Waals surface area (Å²) in [6.07, 6.45) is 2.33. The fourth-order valence-corrected chi connectivity index (χ4v) is 4.51. The molecule has 10 nitrogen and oxygen atoms in total. The number of hydroxylamine groups is 1. The van der Waals surface area contributed by atoms with Gasteiger partial charge in [0.15, 0.2) is 14.6 Å². The van der Waals surface area contributed by atoms with Crippen LogP contribution in [0.2, 0.25) is 0 Å². The number of hydrogen-bond donors (Lipinski definition) is 1. The number of fused-ring (bicyclic) bond motifs is 1. The van der Waals surface area contributed by atoms with Gasteiger partial charge >= 0.3 is 11.9 Å². The SMILES string of the molecule is CC(=O)OCCc1ccc(-c2cc3ncn(CC[C@](C)(C(=O)N[OH2+])S(C)(=O)=O)c(=O)c3cc2F)cc1. The second-order valence-electron chi connectivity index (χ2n) is 8.59. The van der Waals surface area contributed by atoms with Crippen LogP contribution in [-0.4, -0.2) is 52.7 Å². The van der Waals surface area contributed by atoms with Crippen molar-refractivity contribution >= 4 is 32.6 Å². The molecule has 0 aliphatic heterocycles. The zero-order chi connectivity index (χ0) is 26.7. The summed E-state index contributed by atoms with van der Waals surface area (Å²) < 4.78 is 43.5. The number of aryl methyl sites for hydroxylation is 1. The number of sulfone groups is 1. The van der Waals surface area contributed by atoms with Crippen molar-refractivity contribution < 1.29 is 32.3 Å². The summed E-state index contributed by atoms with van der Waals surface area (Å²) in [7, 11) is -3.91. The van der Waals surface area contributed by atoms with Crippen LogP contribution in [-0.2, 0) is 37.1 Å². The molecule has 3 N–H and O–H groups in total. The number of carbonyl (C=O) groups excluding carboxylic acids is 2. The number of amides is 1. The smallest absolute Gasteiger partial charge is 0.304 e. The van der Waals surface area contributed by atoms with Crippen molar-refractivity contribution in [3.63, 3.8) is 0 Å². The van der Waals surface area contributed by atoms with Gasteiger partial charge < -0.3 is 9.94 Å². The first kappa shape index (κ1) is 27.0. The fourth-order valence-electron chi connectivity index (χ4n) is 3.66. The number of aromatic nitrogens is 2. The van der Waals surface area contributed by atoms with Crippen LogP contribution in [0.5, 0.6) is 0 Å². The first-order chi connectivity index (χ1) is 16.9. The lowest BCUT2D eigenvalue weighted by Gasteiger charge is -2.24. The van der Waals surface area contributed by atoms with Gasteiger partial charge in [0.05, 0.1) is 23.8 Å². The minimum Gasteiger partial charge on any atom is -0.466 e. The number of ether oxygens (including phenoxy) is 1. The standard InChI is InChI=1S/C24H26FN3O7S/c1-15(29)35-11-8-16-4-6-17(7-5-16)18-13-21-19(12-20(18)25)22(30)28(14-26-21)10-9-24(2,23(31)27-32)36(3,33)34/h4-7,12-14,32H,8-11H2,1-3H3,(H,27,31)/p+1/t24-/m1/s1. The lowest BCUT2D eigenvalue weighted by atomic mass is 10.0. The molecule has 0 saturated heterocycles. The molecule has 0 aliphatic rings. The molecule has 192 valence electrons. The molecular formula is C24H27FN3O7S+. The Balaban J connectivity index is 1.88. The van der Waals surface area contributed by atoms with E-state index in [0.717, 1.165) is 22.5 Å². The highest BCUT2D eigenvalue weighted by atomic mass is 32.2. The van der Waals surface area contributed by atoms with Gasteiger partial charge in [0, 0.05) is 31.7 Å². The lowest BCUT2D eigenvalue weighted by Crippen LogP contribution is -2.50. The molecule has 2 aromatic carbocycles. The quantitative estimate of drug-likeness (QED) is 0.254. The number of nitrogens with one attached hydrogen (secondary N) is 1. The number of carbonyl (C=O) groups is 2. The summed E-state index contributed by atoms with van der Waals surface area (Å²) in [6, 6.07) is 9.56. The fraction of sp³-hybridized carbons (Fsp3) is 0.333. The van der Waals surface area contributed by atoms with Gasteiger partial charge in [-0.05, 0) is 36.6 Å². The molecule has 1 heterocycles. The van der Waals surface area contributed by atoms with E-state index in [0.29, 0.717) is 12.0 Å². The van der Waals surface area contributed by atoms with E-state index < -0.39 is 31.9 Å². The molecule has 0 fully saturated rings. The Labute approximate surface area is 206 Å². The van der Waals surface area contributed by atoms with Crippen LogP contribution < -0.4 is 11.0 Å². The van der Waals surface area contributed by atoms with Crippen LogP contribution in [0, 0.1) is 5.82 Å². The van der Waals surface area contributed by atoms with E-state index in [4.69, 9.17) is 9.94 Å². The van der Waals surface area contributed by atoms with Crippen molar-refractivity contribution in [1.82, 2.24) is 15.0 Å². The van der Waals surface area contributed by atoms with Crippen molar-refractivity contribution in [3.05, 3.63) is 64.5 Å². The first-order valence-corrected chi connectivity index (χ1v) is 12.8. The highest BCUT2D eigenvalue weighted by Crippen LogP contribution is 2.27. The zero-order valence-corrected chi connectivity index (χ0v) is 20.8. The van der Waals surface area contributed by atoms with Gasteiger partial charge in [-0.3, -0.25) is 19.0 Å². The molecule has 0 unspecified atom stereocenters. The predicted molar refractivity (Wildman–Crippen MR) is 131 cm³/mol. The van der Waals surface area contributed by atoms with Gasteiger partial charge in [-0.1, -0.05) is 24.3 Å². The molecule has 0 spiro atoms. The zero-order valence-electron chi connectivity index (χ0n) is 20.0. The highest BCUT2D eigenvalue weighted by Gasteiger charge is 2.44. The molecule has 1 aromatic heterocycles. The number of benzene rings is 2. The third-order valence-corrected chi connectivity index (χ3v) is 8.14. The lowest BCUT2D eigenvalue weighted by molar-refractivity contribution is -0.140. The van der Waals surface area contributed by atoms with Crippen molar-refractivity contribution in [2.45, 2.75) is 38.0 Å². The largest absolute Gasteiger partial charge is 0.466 e. The molecule has 36 heavy (non-hydrogen) atoms. The van der Waals surface area contributed by atoms with E-state index in [9.17, 15) is 22.8 Å². The van der Waals surface area contributed by atoms with Crippen LogP contribution in [0.15, 0.2) is 47.5 Å². The Kier molecular flexibility index (Phi) is 7.89. The maximum Gasteiger partial charge on any atom is 0.304 e.